The Kier molecular flexibility index (Phi) is 5.90. The number of rotatable bonds is 3. The molecule has 3 rings (SSSR count). The molecule has 0 saturated carbocycles. The van der Waals surface area contributed by atoms with Crippen molar-refractivity contribution < 1.29 is 23.6 Å². The Hall–Kier alpha value is -2.13. The molecule has 2 saturated heterocycles. The maximum Gasteiger partial charge on any atom is 0.495 e. The van der Waals surface area contributed by atoms with Gasteiger partial charge in [-0.1, -0.05) is 0 Å². The Labute approximate surface area is 178 Å². The molecule has 30 heavy (non-hydrogen) atoms. The normalized spacial score (nSPS) is 22.8. The van der Waals surface area contributed by atoms with E-state index >= 15 is 0 Å². The fourth-order valence-electron chi connectivity index (χ4n) is 3.34. The quantitative estimate of drug-likeness (QED) is 0.761. The number of aromatic nitrogens is 1. The standard InChI is InChI=1S/C21H32BN3O5/c1-19(2,3)28-18(27)25-11-9-14(13-25)17(26)24-16-12-15(8-10-23-16)22-29-20(4,5)21(6,7)30-22/h8,10,12,14H,9,11,13H2,1-7H3,(H,23,24,26). The molecule has 0 radical (unpaired) electrons. The average Bonchev–Trinajstić information content (AvgIpc) is 3.17. The number of nitrogens with one attached hydrogen (secondary N) is 1. The summed E-state index contributed by atoms with van der Waals surface area (Å²) in [4.78, 5) is 30.8. The number of carbonyl (C=O) groups is 2. The van der Waals surface area contributed by atoms with Crippen molar-refractivity contribution in [3.8, 4) is 0 Å². The van der Waals surface area contributed by atoms with E-state index in [2.05, 4.69) is 10.3 Å². The molecule has 0 bridgehead atoms. The second-order valence-corrected chi connectivity index (χ2v) is 9.96. The topological polar surface area (TPSA) is 90.0 Å². The number of carbonyl (C=O) groups excluding carboxylic acids is 2. The maximum atomic E-state index is 12.7. The van der Waals surface area contributed by atoms with Crippen LogP contribution in [0.1, 0.15) is 54.9 Å². The summed E-state index contributed by atoms with van der Waals surface area (Å²) in [6, 6.07) is 3.58. The molecule has 1 aromatic heterocycles. The van der Waals surface area contributed by atoms with Crippen LogP contribution in [0.15, 0.2) is 18.3 Å². The lowest BCUT2D eigenvalue weighted by Crippen LogP contribution is -2.41. The Morgan fingerprint density at radius 3 is 2.47 bits per heavy atom. The van der Waals surface area contributed by atoms with Crippen LogP contribution in [-0.2, 0) is 18.8 Å². The number of nitrogens with zero attached hydrogens (tertiary/aromatic N) is 2. The van der Waals surface area contributed by atoms with Crippen molar-refractivity contribution >= 4 is 30.4 Å². The summed E-state index contributed by atoms with van der Waals surface area (Å²) < 4.78 is 17.5. The maximum absolute atomic E-state index is 12.7. The Morgan fingerprint density at radius 2 is 1.87 bits per heavy atom. The fraction of sp³-hybridized carbons (Fsp3) is 0.667. The van der Waals surface area contributed by atoms with E-state index in [-0.39, 0.29) is 11.8 Å². The highest BCUT2D eigenvalue weighted by atomic mass is 16.7. The van der Waals surface area contributed by atoms with Crippen LogP contribution in [0.4, 0.5) is 10.6 Å². The summed E-state index contributed by atoms with van der Waals surface area (Å²) in [7, 11) is -0.525. The van der Waals surface area contributed by atoms with E-state index in [1.54, 1.807) is 17.2 Å². The Balaban J connectivity index is 1.61. The molecule has 0 spiro atoms. The van der Waals surface area contributed by atoms with E-state index < -0.39 is 30.0 Å². The summed E-state index contributed by atoms with van der Waals surface area (Å²) >= 11 is 0. The number of ether oxygens (including phenoxy) is 1. The van der Waals surface area contributed by atoms with Gasteiger partial charge in [0, 0.05) is 19.3 Å². The van der Waals surface area contributed by atoms with Gasteiger partial charge >= 0.3 is 13.2 Å². The molecule has 1 unspecified atom stereocenters. The second kappa shape index (κ2) is 7.85. The molecule has 0 aromatic carbocycles. The van der Waals surface area contributed by atoms with E-state index in [1.807, 2.05) is 54.5 Å². The summed E-state index contributed by atoms with van der Waals surface area (Å²) in [5.74, 6) is -0.0395. The third-order valence-electron chi connectivity index (χ3n) is 5.77. The molecule has 1 atom stereocenters. The van der Waals surface area contributed by atoms with Crippen LogP contribution >= 0.6 is 0 Å². The molecule has 9 heteroatoms. The number of amides is 2. The molecule has 2 aliphatic rings. The zero-order chi connectivity index (χ0) is 22.3. The zero-order valence-electron chi connectivity index (χ0n) is 18.9. The van der Waals surface area contributed by atoms with Gasteiger partial charge in [0.2, 0.25) is 5.91 Å². The lowest BCUT2D eigenvalue weighted by Gasteiger charge is -2.32. The van der Waals surface area contributed by atoms with Crippen molar-refractivity contribution in [1.82, 2.24) is 9.88 Å². The van der Waals surface area contributed by atoms with E-state index in [4.69, 9.17) is 14.0 Å². The van der Waals surface area contributed by atoms with Gasteiger partial charge in [0.1, 0.15) is 11.4 Å². The highest BCUT2D eigenvalue weighted by Crippen LogP contribution is 2.36. The molecule has 1 N–H and O–H groups in total. The monoisotopic (exact) mass is 417 g/mol. The van der Waals surface area contributed by atoms with Gasteiger partial charge in [-0.3, -0.25) is 4.79 Å². The predicted molar refractivity (Wildman–Crippen MR) is 114 cm³/mol. The van der Waals surface area contributed by atoms with Gasteiger partial charge in [0.15, 0.2) is 0 Å². The molecule has 8 nitrogen and oxygen atoms in total. The summed E-state index contributed by atoms with van der Waals surface area (Å²) in [6.45, 7) is 14.3. The van der Waals surface area contributed by atoms with Crippen molar-refractivity contribution in [3.63, 3.8) is 0 Å². The molecule has 164 valence electrons. The largest absolute Gasteiger partial charge is 0.495 e. The third kappa shape index (κ3) is 4.95. The zero-order valence-corrected chi connectivity index (χ0v) is 18.9. The lowest BCUT2D eigenvalue weighted by atomic mass is 9.80. The van der Waals surface area contributed by atoms with Gasteiger partial charge in [-0.25, -0.2) is 9.78 Å². The second-order valence-electron chi connectivity index (χ2n) is 9.96. The molecular weight excluding hydrogens is 385 g/mol. The van der Waals surface area contributed by atoms with Crippen LogP contribution in [0.25, 0.3) is 0 Å². The highest BCUT2D eigenvalue weighted by molar-refractivity contribution is 6.62. The fourth-order valence-corrected chi connectivity index (χ4v) is 3.34. The van der Waals surface area contributed by atoms with E-state index in [9.17, 15) is 9.59 Å². The van der Waals surface area contributed by atoms with Crippen LogP contribution in [-0.4, -0.2) is 58.9 Å². The van der Waals surface area contributed by atoms with Crippen LogP contribution in [0.3, 0.4) is 0 Å². The van der Waals surface area contributed by atoms with Crippen LogP contribution in [0, 0.1) is 5.92 Å². The van der Waals surface area contributed by atoms with Crippen LogP contribution in [0.2, 0.25) is 0 Å². The third-order valence-corrected chi connectivity index (χ3v) is 5.77. The molecular formula is C21H32BN3O5. The van der Waals surface area contributed by atoms with Crippen LogP contribution < -0.4 is 10.8 Å². The highest BCUT2D eigenvalue weighted by Gasteiger charge is 2.51. The van der Waals surface area contributed by atoms with Crippen molar-refractivity contribution in [1.29, 1.82) is 0 Å². The first kappa shape index (κ1) is 22.6. The van der Waals surface area contributed by atoms with Crippen molar-refractivity contribution in [2.24, 2.45) is 5.92 Å². The Bertz CT molecular complexity index is 805. The average molecular weight is 417 g/mol. The van der Waals surface area contributed by atoms with Gasteiger partial charge in [0.25, 0.3) is 0 Å². The minimum atomic E-state index is -0.560. The van der Waals surface area contributed by atoms with Gasteiger partial charge in [0.05, 0.1) is 17.1 Å². The van der Waals surface area contributed by atoms with Crippen LogP contribution in [0.5, 0.6) is 0 Å². The number of likely N-dealkylation sites (tertiary alicyclic amines) is 1. The smallest absolute Gasteiger partial charge is 0.444 e. The van der Waals surface area contributed by atoms with E-state index in [0.29, 0.717) is 25.3 Å². The first-order valence-corrected chi connectivity index (χ1v) is 10.4. The van der Waals surface area contributed by atoms with Gasteiger partial charge < -0.3 is 24.3 Å². The predicted octanol–water partition coefficient (Wildman–Crippen LogP) is 2.58. The summed E-state index contributed by atoms with van der Waals surface area (Å²) in [5, 5.41) is 2.86. The van der Waals surface area contributed by atoms with Crippen molar-refractivity contribution in [3.05, 3.63) is 18.3 Å². The molecule has 2 fully saturated rings. The number of anilines is 1. The molecule has 2 aliphatic heterocycles. The first-order chi connectivity index (χ1) is 13.8. The number of hydrogen-bond donors (Lipinski definition) is 1. The van der Waals surface area contributed by atoms with E-state index in [0.717, 1.165) is 5.46 Å². The first-order valence-electron chi connectivity index (χ1n) is 10.4. The molecule has 2 amide bonds. The van der Waals surface area contributed by atoms with Gasteiger partial charge in [-0.05, 0) is 72.5 Å². The summed E-state index contributed by atoms with van der Waals surface area (Å²) in [6.07, 6.45) is 1.82. The molecule has 1 aromatic rings. The van der Waals surface area contributed by atoms with Gasteiger partial charge in [-0.15, -0.1) is 0 Å². The summed E-state index contributed by atoms with van der Waals surface area (Å²) in [5.41, 5.74) is -0.658. The molecule has 3 heterocycles. The SMILES string of the molecule is CC(C)(C)OC(=O)N1CCC(C(=O)Nc2cc(B3OC(C)(C)C(C)(C)O3)ccn2)C1. The Morgan fingerprint density at radius 1 is 1.23 bits per heavy atom. The number of pyridine rings is 1. The number of hydrogen-bond acceptors (Lipinski definition) is 6. The van der Waals surface area contributed by atoms with Gasteiger partial charge in [-0.2, -0.15) is 0 Å². The molecule has 0 aliphatic carbocycles. The van der Waals surface area contributed by atoms with Crippen molar-refractivity contribution in [2.45, 2.75) is 71.7 Å². The van der Waals surface area contributed by atoms with Crippen molar-refractivity contribution in [2.75, 3.05) is 18.4 Å². The van der Waals surface area contributed by atoms with E-state index in [1.165, 1.54) is 0 Å². The lowest BCUT2D eigenvalue weighted by molar-refractivity contribution is -0.119. The minimum absolute atomic E-state index is 0.167. The minimum Gasteiger partial charge on any atom is -0.444 e.